The van der Waals surface area contributed by atoms with Gasteiger partial charge in [-0.3, -0.25) is 9.59 Å². The first-order chi connectivity index (χ1) is 19.4. The fraction of sp³-hybridized carbons (Fsp3) is 0.323. The third-order valence-electron chi connectivity index (χ3n) is 7.38. The number of esters is 1. The molecule has 0 saturated carbocycles. The molecular weight excluding hydrogens is 562 g/mol. The summed E-state index contributed by atoms with van der Waals surface area (Å²) in [5.74, 6) is -0.953. The lowest BCUT2D eigenvalue weighted by Crippen LogP contribution is -2.43. The van der Waals surface area contributed by atoms with Gasteiger partial charge in [0.25, 0.3) is 0 Å². The molecule has 1 saturated heterocycles. The molecule has 0 bridgehead atoms. The van der Waals surface area contributed by atoms with E-state index in [1.807, 2.05) is 57.2 Å². The van der Waals surface area contributed by atoms with Crippen molar-refractivity contribution in [2.45, 2.75) is 57.6 Å². The first-order valence-electron chi connectivity index (χ1n) is 13.5. The lowest BCUT2D eigenvalue weighted by molar-refractivity contribution is -0.158. The van der Waals surface area contributed by atoms with E-state index in [-0.39, 0.29) is 24.9 Å². The maximum Gasteiger partial charge on any atom is 0.349 e. The number of carbonyl (C=O) groups is 3. The summed E-state index contributed by atoms with van der Waals surface area (Å²) in [6, 6.07) is 16.1. The van der Waals surface area contributed by atoms with Crippen LogP contribution < -0.4 is 20.8 Å². The average Bonchev–Trinajstić information content (AvgIpc) is 2.91. The molecular formula is C31H33BCl2N2O5. The van der Waals surface area contributed by atoms with Crippen LogP contribution in [0.4, 0.5) is 5.69 Å². The molecule has 41 heavy (non-hydrogen) atoms. The fourth-order valence-electron chi connectivity index (χ4n) is 5.48. The van der Waals surface area contributed by atoms with Crippen molar-refractivity contribution < 1.29 is 23.9 Å². The molecule has 214 valence electrons. The van der Waals surface area contributed by atoms with Crippen molar-refractivity contribution in [2.75, 3.05) is 11.9 Å². The highest BCUT2D eigenvalue weighted by Gasteiger charge is 2.43. The summed E-state index contributed by atoms with van der Waals surface area (Å²) < 4.78 is 11.6. The normalized spacial score (nSPS) is 18.8. The molecule has 0 radical (unpaired) electrons. The first kappa shape index (κ1) is 30.5. The minimum Gasteiger partial charge on any atom is -0.476 e. The number of hydrogen-bond donors (Lipinski definition) is 2. The van der Waals surface area contributed by atoms with Crippen molar-refractivity contribution in [3.05, 3.63) is 86.9 Å². The van der Waals surface area contributed by atoms with Crippen LogP contribution in [0, 0.1) is 6.92 Å². The number of nitrogens with one attached hydrogen (secondary N) is 2. The van der Waals surface area contributed by atoms with Gasteiger partial charge in [-0.2, -0.15) is 0 Å². The molecule has 1 aliphatic rings. The molecule has 0 spiro atoms. The van der Waals surface area contributed by atoms with Crippen LogP contribution in [-0.2, 0) is 19.1 Å². The van der Waals surface area contributed by atoms with Gasteiger partial charge in [0.1, 0.15) is 13.6 Å². The Kier molecular flexibility index (Phi) is 9.35. The van der Waals surface area contributed by atoms with Crippen molar-refractivity contribution >= 4 is 60.5 Å². The highest BCUT2D eigenvalue weighted by atomic mass is 35.5. The van der Waals surface area contributed by atoms with E-state index in [0.29, 0.717) is 27.9 Å². The molecule has 3 atom stereocenters. The number of anilines is 1. The summed E-state index contributed by atoms with van der Waals surface area (Å²) in [5.41, 5.74) is 3.57. The van der Waals surface area contributed by atoms with Crippen LogP contribution in [0.15, 0.2) is 54.6 Å². The van der Waals surface area contributed by atoms with Gasteiger partial charge in [-0.25, -0.2) is 4.79 Å². The predicted octanol–water partition coefficient (Wildman–Crippen LogP) is 4.98. The van der Waals surface area contributed by atoms with Gasteiger partial charge < -0.3 is 20.1 Å². The summed E-state index contributed by atoms with van der Waals surface area (Å²) in [4.78, 5) is 37.8. The summed E-state index contributed by atoms with van der Waals surface area (Å²) in [6.07, 6.45) is 0.748. The molecule has 3 aromatic carbocycles. The molecule has 10 heteroatoms. The smallest absolute Gasteiger partial charge is 0.349 e. The van der Waals surface area contributed by atoms with E-state index < -0.39 is 23.5 Å². The zero-order valence-electron chi connectivity index (χ0n) is 23.7. The topological polar surface area (TPSA) is 93.7 Å². The molecule has 1 unspecified atom stereocenters. The number of aryl methyl sites for hydroxylation is 1. The van der Waals surface area contributed by atoms with Gasteiger partial charge in [-0.15, -0.1) is 0 Å². The van der Waals surface area contributed by atoms with E-state index in [1.54, 1.807) is 32.9 Å². The minimum absolute atomic E-state index is 0.142. The lowest BCUT2D eigenvalue weighted by atomic mass is 9.69. The van der Waals surface area contributed by atoms with Gasteiger partial charge >= 0.3 is 5.97 Å². The Labute approximate surface area is 251 Å². The van der Waals surface area contributed by atoms with Gasteiger partial charge in [-0.1, -0.05) is 52.9 Å². The van der Waals surface area contributed by atoms with Crippen molar-refractivity contribution in [1.82, 2.24) is 5.32 Å². The Balaban J connectivity index is 1.95. The second-order valence-corrected chi connectivity index (χ2v) is 11.6. The van der Waals surface area contributed by atoms with E-state index in [2.05, 4.69) is 10.6 Å². The number of amides is 2. The Bertz CT molecular complexity index is 1480. The number of halogens is 2. The number of piperidine rings is 1. The van der Waals surface area contributed by atoms with Crippen LogP contribution in [0.2, 0.25) is 10.0 Å². The van der Waals surface area contributed by atoms with E-state index in [0.717, 1.165) is 27.7 Å². The third-order valence-corrected chi connectivity index (χ3v) is 7.85. The molecule has 1 heterocycles. The Morgan fingerprint density at radius 2 is 1.78 bits per heavy atom. The van der Waals surface area contributed by atoms with E-state index in [9.17, 15) is 14.4 Å². The zero-order valence-corrected chi connectivity index (χ0v) is 25.2. The largest absolute Gasteiger partial charge is 0.476 e. The number of rotatable bonds is 9. The van der Waals surface area contributed by atoms with Gasteiger partial charge in [-0.05, 0) is 80.3 Å². The highest BCUT2D eigenvalue weighted by molar-refractivity contribution is 6.32. The minimum atomic E-state index is -1.28. The lowest BCUT2D eigenvalue weighted by Gasteiger charge is -2.41. The molecule has 1 fully saturated rings. The summed E-state index contributed by atoms with van der Waals surface area (Å²) in [6.45, 7) is 7.24. The van der Waals surface area contributed by atoms with Gasteiger partial charge in [0, 0.05) is 34.0 Å². The second-order valence-electron chi connectivity index (χ2n) is 10.8. The van der Waals surface area contributed by atoms with Gasteiger partial charge in [0.05, 0.1) is 12.6 Å². The van der Waals surface area contributed by atoms with Crippen LogP contribution in [0.3, 0.4) is 0 Å². The Hall–Kier alpha value is -3.49. The van der Waals surface area contributed by atoms with Crippen molar-refractivity contribution in [2.24, 2.45) is 0 Å². The molecule has 0 aliphatic carbocycles. The first-order valence-corrected chi connectivity index (χ1v) is 14.2. The van der Waals surface area contributed by atoms with Gasteiger partial charge in [0.15, 0.2) is 5.60 Å². The molecule has 7 nitrogen and oxygen atoms in total. The van der Waals surface area contributed by atoms with Gasteiger partial charge in [0.2, 0.25) is 12.3 Å². The zero-order chi connectivity index (χ0) is 29.9. The summed E-state index contributed by atoms with van der Waals surface area (Å²) in [5, 5.41) is 6.98. The Morgan fingerprint density at radius 3 is 2.49 bits per heavy atom. The second kappa shape index (κ2) is 12.6. The van der Waals surface area contributed by atoms with Crippen LogP contribution in [-0.4, -0.2) is 38.3 Å². The van der Waals surface area contributed by atoms with Crippen LogP contribution >= 0.6 is 23.2 Å². The predicted molar refractivity (Wildman–Crippen MR) is 164 cm³/mol. The standard InChI is InChI=1S/C31H33BCl2N2O5/c1-5-40-30(39)31(3,4)41-26-11-7-18(32)12-23(26)24-15-27(38)36-29(22-13-19(33)8-6-17(22)2)28(24)21-10-9-20(34)14-25(21)35-16-37/h6-14,16,24,28-29H,5,15,32H2,1-4H3,(H,35,37)(H,36,38)/t24-,28?,29+/m1/s1. The number of benzene rings is 3. The monoisotopic (exact) mass is 594 g/mol. The molecule has 2 amide bonds. The summed E-state index contributed by atoms with van der Waals surface area (Å²) >= 11 is 12.8. The average molecular weight is 595 g/mol. The SMILES string of the molecule is Bc1ccc(OC(C)(C)C(=O)OCC)c([C@H]2CC(=O)N[C@@H](c3cc(Cl)ccc3C)C2c2ccc(Cl)cc2NC=O)c1. The van der Waals surface area contributed by atoms with Crippen LogP contribution in [0.5, 0.6) is 5.75 Å². The van der Waals surface area contributed by atoms with Crippen LogP contribution in [0.1, 0.15) is 67.3 Å². The Morgan fingerprint density at radius 1 is 1.07 bits per heavy atom. The molecule has 4 rings (SSSR count). The molecule has 1 aliphatic heterocycles. The molecule has 0 aromatic heterocycles. The molecule has 2 N–H and O–H groups in total. The van der Waals surface area contributed by atoms with E-state index in [1.165, 1.54) is 0 Å². The maximum atomic E-state index is 13.4. The van der Waals surface area contributed by atoms with E-state index >= 15 is 0 Å². The maximum absolute atomic E-state index is 13.4. The van der Waals surface area contributed by atoms with Crippen molar-refractivity contribution in [3.63, 3.8) is 0 Å². The highest BCUT2D eigenvalue weighted by Crippen LogP contribution is 2.51. The van der Waals surface area contributed by atoms with Crippen LogP contribution in [0.25, 0.3) is 0 Å². The number of hydrogen-bond acceptors (Lipinski definition) is 5. The fourth-order valence-corrected chi connectivity index (χ4v) is 5.83. The third kappa shape index (κ3) is 6.71. The van der Waals surface area contributed by atoms with Crippen molar-refractivity contribution in [1.29, 1.82) is 0 Å². The summed E-state index contributed by atoms with van der Waals surface area (Å²) in [7, 11) is 1.96. The number of ether oxygens (including phenoxy) is 2. The quantitative estimate of drug-likeness (QED) is 0.207. The number of carbonyl (C=O) groups excluding carboxylic acids is 3. The van der Waals surface area contributed by atoms with E-state index in [4.69, 9.17) is 32.7 Å². The molecule has 3 aromatic rings. The van der Waals surface area contributed by atoms with Crippen molar-refractivity contribution in [3.8, 4) is 5.75 Å².